The van der Waals surface area contributed by atoms with Crippen molar-refractivity contribution in [3.05, 3.63) is 84.4 Å². The lowest BCUT2D eigenvalue weighted by Gasteiger charge is -2.44. The number of phosphoric acid groups is 3. The van der Waals surface area contributed by atoms with E-state index in [2.05, 4.69) is 42.0 Å². The quantitative estimate of drug-likeness (QED) is 0.0129. The Morgan fingerprint density at radius 2 is 1.01 bits per heavy atom. The molecule has 0 saturated heterocycles. The Labute approximate surface area is 524 Å². The molecule has 508 valence electrons. The number of carbonyl (C=O) groups excluding carboxylic acids is 4. The largest absolute Gasteiger partial charge is 0.472 e. The summed E-state index contributed by atoms with van der Waals surface area (Å²) in [7, 11) is -16.7. The molecule has 10 N–H and O–H groups in total. The SMILES string of the molecule is CCCCCC(=O)OC(COC(=O)CCCCCNC(=O)OCCOCCOCCOCCOCCOCCC(=O)NCc1ccc(-c2nnc(-c3ccc(-c4ccccc4)cc3)o2)cc1)COP(=O)(O)OC1C(O)C(O)C(OP(=O)(O)O)C(OP(=O)(O)O)C1O. The minimum Gasteiger partial charge on any atom is -0.462 e. The number of aliphatic hydroxyl groups is 3. The Morgan fingerprint density at radius 3 is 1.58 bits per heavy atom. The summed E-state index contributed by atoms with van der Waals surface area (Å²) in [6.45, 7) is 3.68. The number of amides is 2. The fourth-order valence-corrected chi connectivity index (χ4v) is 10.5. The average molecular weight is 1350 g/mol. The molecule has 1 heterocycles. The number of benzene rings is 3. The maximum absolute atomic E-state index is 13.0. The Bertz CT molecular complexity index is 2920. The van der Waals surface area contributed by atoms with Crippen molar-refractivity contribution in [2.45, 2.75) is 114 Å². The predicted octanol–water partition coefficient (Wildman–Crippen LogP) is 4.04. The number of hydrogen-bond acceptors (Lipinski definition) is 25. The first kappa shape index (κ1) is 76.2. The van der Waals surface area contributed by atoms with Crippen LogP contribution in [0.5, 0.6) is 0 Å². The van der Waals surface area contributed by atoms with Crippen LogP contribution in [0.2, 0.25) is 0 Å². The molecule has 5 rings (SSSR count). The molecule has 1 aromatic heterocycles. The molecule has 0 spiro atoms. The van der Waals surface area contributed by atoms with Crippen molar-refractivity contribution in [3.63, 3.8) is 0 Å². The number of esters is 2. The van der Waals surface area contributed by atoms with Crippen LogP contribution >= 0.6 is 23.5 Å². The monoisotopic (exact) mass is 1350 g/mol. The number of ether oxygens (including phenoxy) is 8. The number of nitrogens with zero attached hydrogens (tertiary/aromatic N) is 2. The van der Waals surface area contributed by atoms with E-state index in [-0.39, 0.29) is 64.7 Å². The molecule has 1 aliphatic rings. The van der Waals surface area contributed by atoms with Crippen LogP contribution in [0.15, 0.2) is 83.3 Å². The highest BCUT2D eigenvalue weighted by Gasteiger charge is 2.56. The highest BCUT2D eigenvalue weighted by atomic mass is 31.2. The normalized spacial score (nSPS) is 18.6. The second-order valence-corrected chi connectivity index (χ2v) is 24.0. The number of hydrogen-bond donors (Lipinski definition) is 10. The third-order valence-corrected chi connectivity index (χ3v) is 15.1. The van der Waals surface area contributed by atoms with Crippen LogP contribution in [0.1, 0.15) is 70.3 Å². The van der Waals surface area contributed by atoms with Crippen molar-refractivity contribution in [1.82, 2.24) is 20.8 Å². The molecule has 4 aromatic rings. The van der Waals surface area contributed by atoms with Crippen LogP contribution in [-0.2, 0) is 90.6 Å². The second kappa shape index (κ2) is 40.6. The van der Waals surface area contributed by atoms with E-state index in [1.807, 2.05) is 73.7 Å². The lowest BCUT2D eigenvalue weighted by atomic mass is 9.85. The van der Waals surface area contributed by atoms with Crippen molar-refractivity contribution in [1.29, 1.82) is 0 Å². The minimum absolute atomic E-state index is 0.0185. The van der Waals surface area contributed by atoms with E-state index in [0.29, 0.717) is 90.1 Å². The maximum Gasteiger partial charge on any atom is 0.472 e. The fraction of sp³-hybridized carbons (Fsp3) is 0.571. The van der Waals surface area contributed by atoms with Gasteiger partial charge in [0.05, 0.1) is 72.7 Å². The van der Waals surface area contributed by atoms with Crippen molar-refractivity contribution in [2.24, 2.45) is 0 Å². The molecule has 2 amide bonds. The molecule has 1 aliphatic carbocycles. The van der Waals surface area contributed by atoms with Crippen molar-refractivity contribution >= 4 is 47.4 Å². The zero-order valence-electron chi connectivity index (χ0n) is 50.0. The highest BCUT2D eigenvalue weighted by molar-refractivity contribution is 7.47. The lowest BCUT2D eigenvalue weighted by molar-refractivity contribution is -0.213. The van der Waals surface area contributed by atoms with E-state index in [9.17, 15) is 72.7 Å². The van der Waals surface area contributed by atoms with Gasteiger partial charge in [-0.1, -0.05) is 80.8 Å². The fourth-order valence-electron chi connectivity index (χ4n) is 8.45. The van der Waals surface area contributed by atoms with E-state index < -0.39 is 97.4 Å². The summed E-state index contributed by atoms with van der Waals surface area (Å²) in [5.74, 6) is -0.883. The van der Waals surface area contributed by atoms with Gasteiger partial charge in [0, 0.05) is 43.5 Å². The van der Waals surface area contributed by atoms with Crippen LogP contribution in [0.4, 0.5) is 4.79 Å². The minimum atomic E-state index is -5.64. The van der Waals surface area contributed by atoms with Gasteiger partial charge in [-0.15, -0.1) is 10.2 Å². The predicted molar refractivity (Wildman–Crippen MR) is 316 cm³/mol. The van der Waals surface area contributed by atoms with Gasteiger partial charge in [-0.3, -0.25) is 32.5 Å². The third-order valence-electron chi connectivity index (χ3n) is 13.0. The van der Waals surface area contributed by atoms with Gasteiger partial charge < -0.3 is 92.7 Å². The Morgan fingerprint density at radius 1 is 0.516 bits per heavy atom. The van der Waals surface area contributed by atoms with Gasteiger partial charge in [0.25, 0.3) is 0 Å². The Hall–Kier alpha value is -5.51. The summed E-state index contributed by atoms with van der Waals surface area (Å²) in [4.78, 5) is 97.0. The first-order valence-electron chi connectivity index (χ1n) is 29.2. The van der Waals surface area contributed by atoms with Gasteiger partial charge in [-0.25, -0.2) is 18.5 Å². The first-order chi connectivity index (χ1) is 43.5. The van der Waals surface area contributed by atoms with Crippen molar-refractivity contribution < 1.29 is 133 Å². The molecular formula is C56H81N4O28P3. The van der Waals surface area contributed by atoms with E-state index >= 15 is 0 Å². The summed E-state index contributed by atoms with van der Waals surface area (Å²) in [5, 5.41) is 45.6. The zero-order valence-corrected chi connectivity index (χ0v) is 52.7. The molecule has 8 unspecified atom stereocenters. The molecule has 0 bridgehead atoms. The maximum atomic E-state index is 13.0. The van der Waals surface area contributed by atoms with Gasteiger partial charge in [0.2, 0.25) is 17.7 Å². The van der Waals surface area contributed by atoms with Crippen molar-refractivity contribution in [3.8, 4) is 34.0 Å². The molecule has 1 saturated carbocycles. The van der Waals surface area contributed by atoms with Crippen LogP contribution in [0.3, 0.4) is 0 Å². The summed E-state index contributed by atoms with van der Waals surface area (Å²) in [6, 6.07) is 25.5. The molecule has 91 heavy (non-hydrogen) atoms. The van der Waals surface area contributed by atoms with Gasteiger partial charge in [-0.2, -0.15) is 0 Å². The molecule has 3 aromatic carbocycles. The Kier molecular flexibility index (Phi) is 34.0. The van der Waals surface area contributed by atoms with Gasteiger partial charge in [0.1, 0.15) is 49.8 Å². The number of phosphoric ester groups is 3. The zero-order chi connectivity index (χ0) is 66.1. The van der Waals surface area contributed by atoms with Crippen molar-refractivity contribution in [2.75, 3.05) is 92.4 Å². The number of rotatable bonds is 45. The van der Waals surface area contributed by atoms with Gasteiger partial charge in [-0.05, 0) is 60.2 Å². The number of unbranched alkanes of at least 4 members (excludes halogenated alkanes) is 4. The van der Waals surface area contributed by atoms with E-state index in [1.165, 1.54) is 0 Å². The Balaban J connectivity index is 0.809. The average Bonchev–Trinajstić information content (AvgIpc) is 1.26. The standard InChI is InChI=1S/C56H81N4O28P3/c1-2-3-6-14-47(63)84-44(38-83-91(74,75)88-51-48(64)49(65)52(86-89(68,69)70)53(50(51)66)87-90(71,72)73)37-82-46(62)13-9-5-10-24-57-56(67)81-35-34-80-33-32-79-31-30-78-29-28-77-27-26-76-25-23-45(61)58-36-39-15-17-42(18-16-39)54-59-60-55(85-54)43-21-19-41(20-22-43)40-11-7-4-8-12-40/h4,7-8,11-12,15-22,44,48-53,64-66H,2-3,5-6,9-10,13-14,23-38H2,1H3,(H,57,67)(H,58,61)(H,74,75)(H2,68,69,70)(H2,71,72,73). The topological polar surface area (TPSA) is 455 Å². The van der Waals surface area contributed by atoms with Crippen LogP contribution in [-0.4, -0.2) is 209 Å². The van der Waals surface area contributed by atoms with E-state index in [0.717, 1.165) is 34.2 Å². The third kappa shape index (κ3) is 30.4. The highest BCUT2D eigenvalue weighted by Crippen LogP contribution is 2.51. The van der Waals surface area contributed by atoms with Crippen LogP contribution in [0, 0.1) is 0 Å². The molecule has 35 heteroatoms. The van der Waals surface area contributed by atoms with Gasteiger partial charge in [0.15, 0.2) is 6.10 Å². The molecule has 8 atom stereocenters. The number of alkyl carbamates (subject to hydrolysis) is 1. The molecule has 0 radical (unpaired) electrons. The smallest absolute Gasteiger partial charge is 0.462 e. The summed E-state index contributed by atoms with van der Waals surface area (Å²) >= 11 is 0. The lowest BCUT2D eigenvalue weighted by Crippen LogP contribution is -2.65. The van der Waals surface area contributed by atoms with Gasteiger partial charge >= 0.3 is 41.5 Å². The summed E-state index contributed by atoms with van der Waals surface area (Å²) < 4.78 is 103. The van der Waals surface area contributed by atoms with E-state index in [1.54, 1.807) is 0 Å². The van der Waals surface area contributed by atoms with Crippen LogP contribution < -0.4 is 10.6 Å². The summed E-state index contributed by atoms with van der Waals surface area (Å²) in [5.41, 5.74) is 4.70. The van der Waals surface area contributed by atoms with E-state index in [4.69, 9.17) is 51.4 Å². The number of carbonyl (C=O) groups is 4. The second-order valence-electron chi connectivity index (χ2n) is 20.2. The molecule has 1 fully saturated rings. The molecule has 32 nitrogen and oxygen atoms in total. The molecular weight excluding hydrogens is 1270 g/mol. The number of aliphatic hydroxyl groups excluding tert-OH is 3. The number of nitrogens with one attached hydrogen (secondary N) is 2. The summed E-state index contributed by atoms with van der Waals surface area (Å²) in [6.07, 6.45) is -14.4. The first-order valence-corrected chi connectivity index (χ1v) is 33.7. The van der Waals surface area contributed by atoms with Crippen LogP contribution in [0.25, 0.3) is 34.0 Å². The number of aromatic nitrogens is 2. The molecule has 0 aliphatic heterocycles.